The van der Waals surface area contributed by atoms with Gasteiger partial charge >= 0.3 is 6.03 Å². The first-order valence-electron chi connectivity index (χ1n) is 6.35. The Morgan fingerprint density at radius 2 is 1.94 bits per heavy atom. The molecule has 2 aliphatic rings. The van der Waals surface area contributed by atoms with E-state index in [0.29, 0.717) is 19.7 Å². The van der Waals surface area contributed by atoms with Crippen LogP contribution in [-0.4, -0.2) is 65.8 Å². The average Bonchev–Trinajstić information content (AvgIpc) is 2.46. The molecule has 0 aromatic carbocycles. The highest BCUT2D eigenvalue weighted by Gasteiger charge is 2.30. The lowest BCUT2D eigenvalue weighted by atomic mass is 10.1. The Labute approximate surface area is 106 Å². The summed E-state index contributed by atoms with van der Waals surface area (Å²) in [6, 6.07) is 0.0359. The van der Waals surface area contributed by atoms with Crippen molar-refractivity contribution in [1.82, 2.24) is 9.80 Å². The van der Waals surface area contributed by atoms with Crippen LogP contribution < -0.4 is 5.73 Å². The van der Waals surface area contributed by atoms with Crippen LogP contribution >= 0.6 is 0 Å². The molecule has 102 valence electrons. The van der Waals surface area contributed by atoms with Gasteiger partial charge in [-0.25, -0.2) is 4.79 Å². The van der Waals surface area contributed by atoms with E-state index in [1.165, 1.54) is 6.42 Å². The maximum absolute atomic E-state index is 12.3. The number of ether oxygens (including phenoxy) is 1. The first kappa shape index (κ1) is 12.9. The largest absolute Gasteiger partial charge is 0.409 e. The van der Waals surface area contributed by atoms with Crippen molar-refractivity contribution in [3.63, 3.8) is 0 Å². The molecule has 0 aromatic heterocycles. The van der Waals surface area contributed by atoms with Crippen LogP contribution in [0.4, 0.5) is 4.79 Å². The lowest BCUT2D eigenvalue weighted by molar-refractivity contribution is 0.0118. The summed E-state index contributed by atoms with van der Waals surface area (Å²) in [4.78, 5) is 15.9. The third-order valence-corrected chi connectivity index (χ3v) is 3.41. The lowest BCUT2D eigenvalue weighted by Gasteiger charge is -2.37. The second-order valence-corrected chi connectivity index (χ2v) is 4.66. The van der Waals surface area contributed by atoms with Gasteiger partial charge in [-0.15, -0.1) is 0 Å². The van der Waals surface area contributed by atoms with Crippen molar-refractivity contribution in [1.29, 1.82) is 0 Å². The van der Waals surface area contributed by atoms with Crippen molar-refractivity contribution >= 4 is 11.9 Å². The molecular weight excluding hydrogens is 236 g/mol. The van der Waals surface area contributed by atoms with E-state index in [-0.39, 0.29) is 11.9 Å². The molecule has 2 saturated heterocycles. The summed E-state index contributed by atoms with van der Waals surface area (Å²) >= 11 is 0. The normalized spacial score (nSPS) is 26.2. The molecule has 7 heteroatoms. The van der Waals surface area contributed by atoms with Crippen LogP contribution in [0.1, 0.15) is 19.3 Å². The number of hydrogen-bond acceptors (Lipinski definition) is 4. The van der Waals surface area contributed by atoms with Crippen molar-refractivity contribution < 1.29 is 14.7 Å². The summed E-state index contributed by atoms with van der Waals surface area (Å²) in [5, 5.41) is 11.6. The van der Waals surface area contributed by atoms with Crippen LogP contribution in [0.15, 0.2) is 5.16 Å². The quantitative estimate of drug-likeness (QED) is 0.300. The van der Waals surface area contributed by atoms with Crippen LogP contribution in [0, 0.1) is 0 Å². The fourth-order valence-electron chi connectivity index (χ4n) is 2.35. The van der Waals surface area contributed by atoms with Crippen molar-refractivity contribution in [2.45, 2.75) is 25.4 Å². The number of urea groups is 1. The van der Waals surface area contributed by atoms with Crippen molar-refractivity contribution in [2.24, 2.45) is 10.9 Å². The molecule has 7 nitrogen and oxygen atoms in total. The van der Waals surface area contributed by atoms with E-state index < -0.39 is 6.10 Å². The number of likely N-dealkylation sites (tertiary alicyclic amines) is 1. The number of nitrogens with two attached hydrogens (primary N) is 1. The molecule has 2 aliphatic heterocycles. The standard InChI is InChI=1S/C11H20N4O3/c12-10(13-17)9-8-15(6-7-18-9)11(16)14-4-2-1-3-5-14/h9,17H,1-8H2,(H2,12,13). The van der Waals surface area contributed by atoms with Gasteiger partial charge in [0.05, 0.1) is 13.2 Å². The first-order valence-corrected chi connectivity index (χ1v) is 6.35. The van der Waals surface area contributed by atoms with Gasteiger partial charge in [-0.3, -0.25) is 0 Å². The van der Waals surface area contributed by atoms with E-state index in [0.717, 1.165) is 25.9 Å². The summed E-state index contributed by atoms with van der Waals surface area (Å²) < 4.78 is 5.37. The molecule has 2 heterocycles. The minimum atomic E-state index is -0.502. The second-order valence-electron chi connectivity index (χ2n) is 4.66. The van der Waals surface area contributed by atoms with Gasteiger partial charge in [-0.1, -0.05) is 5.16 Å². The number of morpholine rings is 1. The maximum atomic E-state index is 12.3. The minimum Gasteiger partial charge on any atom is -0.409 e. The van der Waals surface area contributed by atoms with E-state index in [1.54, 1.807) is 4.90 Å². The molecule has 1 atom stereocenters. The zero-order valence-corrected chi connectivity index (χ0v) is 10.4. The Bertz CT molecular complexity index is 328. The van der Waals surface area contributed by atoms with E-state index in [9.17, 15) is 4.79 Å². The molecule has 2 rings (SSSR count). The average molecular weight is 256 g/mol. The molecule has 0 saturated carbocycles. The Hall–Kier alpha value is -1.50. The van der Waals surface area contributed by atoms with Crippen LogP contribution in [0.25, 0.3) is 0 Å². The second kappa shape index (κ2) is 5.90. The third kappa shape index (κ3) is 2.84. The predicted octanol–water partition coefficient (Wildman–Crippen LogP) is 0.0395. The number of oxime groups is 1. The molecule has 0 aromatic rings. The number of rotatable bonds is 1. The monoisotopic (exact) mass is 256 g/mol. The molecule has 1 unspecified atom stereocenters. The molecule has 18 heavy (non-hydrogen) atoms. The van der Waals surface area contributed by atoms with Crippen LogP contribution in [0.3, 0.4) is 0 Å². The van der Waals surface area contributed by atoms with Gasteiger partial charge in [0.25, 0.3) is 0 Å². The van der Waals surface area contributed by atoms with E-state index in [1.807, 2.05) is 4.90 Å². The predicted molar refractivity (Wildman–Crippen MR) is 65.5 cm³/mol. The van der Waals surface area contributed by atoms with Crippen molar-refractivity contribution in [3.8, 4) is 0 Å². The van der Waals surface area contributed by atoms with Gasteiger partial charge in [0.1, 0.15) is 6.10 Å². The summed E-state index contributed by atoms with van der Waals surface area (Å²) in [6.45, 7) is 2.98. The summed E-state index contributed by atoms with van der Waals surface area (Å²) in [5.74, 6) is 0.0196. The lowest BCUT2D eigenvalue weighted by Crippen LogP contribution is -2.54. The zero-order valence-electron chi connectivity index (χ0n) is 10.4. The molecule has 0 aliphatic carbocycles. The number of amidine groups is 1. The SMILES string of the molecule is NC(=NO)C1CN(C(=O)N2CCCCC2)CCO1. The summed E-state index contributed by atoms with van der Waals surface area (Å²) in [6.07, 6.45) is 2.83. The molecular formula is C11H20N4O3. The Balaban J connectivity index is 1.93. The van der Waals surface area contributed by atoms with Crippen LogP contribution in [0.2, 0.25) is 0 Å². The summed E-state index contributed by atoms with van der Waals surface area (Å²) in [7, 11) is 0. The molecule has 0 radical (unpaired) electrons. The Kier molecular flexibility index (Phi) is 4.24. The van der Waals surface area contributed by atoms with Gasteiger partial charge in [0.15, 0.2) is 5.84 Å². The highest BCUT2D eigenvalue weighted by molar-refractivity contribution is 5.85. The first-order chi connectivity index (χ1) is 8.72. The zero-order chi connectivity index (χ0) is 13.0. The van der Waals surface area contributed by atoms with Gasteiger partial charge in [0.2, 0.25) is 0 Å². The smallest absolute Gasteiger partial charge is 0.320 e. The van der Waals surface area contributed by atoms with Crippen molar-refractivity contribution in [3.05, 3.63) is 0 Å². The number of amides is 2. The van der Waals surface area contributed by atoms with E-state index in [4.69, 9.17) is 15.7 Å². The van der Waals surface area contributed by atoms with Crippen molar-refractivity contribution in [2.75, 3.05) is 32.8 Å². The molecule has 2 fully saturated rings. The van der Waals surface area contributed by atoms with Gasteiger partial charge in [-0.05, 0) is 19.3 Å². The van der Waals surface area contributed by atoms with E-state index in [2.05, 4.69) is 5.16 Å². The van der Waals surface area contributed by atoms with E-state index >= 15 is 0 Å². The van der Waals surface area contributed by atoms with Crippen LogP contribution in [0.5, 0.6) is 0 Å². The number of hydrogen-bond donors (Lipinski definition) is 2. The maximum Gasteiger partial charge on any atom is 0.320 e. The number of nitrogens with zero attached hydrogens (tertiary/aromatic N) is 3. The number of carbonyl (C=O) groups excluding carboxylic acids is 1. The Morgan fingerprint density at radius 1 is 1.22 bits per heavy atom. The van der Waals surface area contributed by atoms with Crippen LogP contribution in [-0.2, 0) is 4.74 Å². The number of piperidine rings is 1. The van der Waals surface area contributed by atoms with Gasteiger partial charge < -0.3 is 25.5 Å². The Morgan fingerprint density at radius 3 is 2.61 bits per heavy atom. The number of carbonyl (C=O) groups is 1. The molecule has 0 bridgehead atoms. The topological polar surface area (TPSA) is 91.4 Å². The fraction of sp³-hybridized carbons (Fsp3) is 0.818. The van der Waals surface area contributed by atoms with Gasteiger partial charge in [-0.2, -0.15) is 0 Å². The fourth-order valence-corrected chi connectivity index (χ4v) is 2.35. The highest BCUT2D eigenvalue weighted by atomic mass is 16.5. The summed E-state index contributed by atoms with van der Waals surface area (Å²) in [5.41, 5.74) is 5.51. The minimum absolute atomic E-state index is 0.0196. The molecule has 2 amide bonds. The highest BCUT2D eigenvalue weighted by Crippen LogP contribution is 2.14. The molecule has 3 N–H and O–H groups in total. The molecule has 0 spiro atoms. The third-order valence-electron chi connectivity index (χ3n) is 3.41. The van der Waals surface area contributed by atoms with Gasteiger partial charge in [0, 0.05) is 19.6 Å².